The second-order valence-electron chi connectivity index (χ2n) is 7.99. The van der Waals surface area contributed by atoms with Gasteiger partial charge in [0.25, 0.3) is 5.91 Å². The Hall–Kier alpha value is -3.31. The van der Waals surface area contributed by atoms with Crippen LogP contribution in [0.15, 0.2) is 52.4 Å². The predicted octanol–water partition coefficient (Wildman–Crippen LogP) is 3.92. The van der Waals surface area contributed by atoms with Gasteiger partial charge in [0.1, 0.15) is 0 Å². The van der Waals surface area contributed by atoms with Gasteiger partial charge in [0.2, 0.25) is 10.0 Å². The average molecular weight is 496 g/mol. The number of aryl methyl sites for hydroxylation is 1. The van der Waals surface area contributed by atoms with Crippen LogP contribution in [0.3, 0.4) is 0 Å². The Morgan fingerprint density at radius 3 is 2.26 bits per heavy atom. The Morgan fingerprint density at radius 1 is 1.09 bits per heavy atom. The first-order valence-electron chi connectivity index (χ1n) is 10.7. The molecule has 1 heterocycles. The molecule has 0 spiro atoms. The fraction of sp³-hybridized carbons (Fsp3) is 0.333. The molecular weight excluding hydrogens is 470 g/mol. The fourth-order valence-electron chi connectivity index (χ4n) is 3.39. The van der Waals surface area contributed by atoms with Gasteiger partial charge in [-0.3, -0.25) is 4.79 Å². The Labute approximate surface area is 203 Å². The van der Waals surface area contributed by atoms with Crippen LogP contribution in [0.4, 0.5) is 0 Å². The normalized spacial score (nSPS) is 12.3. The van der Waals surface area contributed by atoms with E-state index in [0.29, 0.717) is 10.7 Å². The number of aromatic nitrogens is 1. The van der Waals surface area contributed by atoms with Gasteiger partial charge in [-0.25, -0.2) is 8.42 Å². The Bertz CT molecular complexity index is 1440. The quantitative estimate of drug-likeness (QED) is 0.469. The third-order valence-electron chi connectivity index (χ3n) is 5.38. The molecule has 3 rings (SSSR count). The van der Waals surface area contributed by atoms with Gasteiger partial charge in [0.05, 0.1) is 27.3 Å². The van der Waals surface area contributed by atoms with Crippen LogP contribution in [0.2, 0.25) is 0 Å². The van der Waals surface area contributed by atoms with E-state index in [2.05, 4.69) is 31.0 Å². The molecule has 0 saturated heterocycles. The molecule has 1 aromatic heterocycles. The van der Waals surface area contributed by atoms with Gasteiger partial charge in [-0.05, 0) is 47.9 Å². The number of thiazole rings is 1. The Morgan fingerprint density at radius 2 is 1.71 bits per heavy atom. The van der Waals surface area contributed by atoms with Gasteiger partial charge in [0.15, 0.2) is 4.80 Å². The van der Waals surface area contributed by atoms with Crippen LogP contribution in [-0.2, 0) is 17.1 Å². The van der Waals surface area contributed by atoms with Gasteiger partial charge in [0, 0.05) is 38.5 Å². The molecule has 2 aromatic carbocycles. The van der Waals surface area contributed by atoms with Crippen LogP contribution in [0.5, 0.6) is 0 Å². The molecule has 0 aliphatic rings. The van der Waals surface area contributed by atoms with Gasteiger partial charge in [-0.1, -0.05) is 31.3 Å². The summed E-state index contributed by atoms with van der Waals surface area (Å²) in [7, 11) is -2.04. The summed E-state index contributed by atoms with van der Waals surface area (Å²) in [4.78, 5) is 17.6. The van der Waals surface area contributed by atoms with E-state index in [1.807, 2.05) is 29.8 Å². The lowest BCUT2D eigenvalue weighted by atomic mass is 10.0. The molecule has 8 nitrogen and oxygen atoms in total. The summed E-state index contributed by atoms with van der Waals surface area (Å²) in [6, 6.07) is 15.6. The highest BCUT2D eigenvalue weighted by molar-refractivity contribution is 7.89. The third-order valence-corrected chi connectivity index (χ3v) is 8.39. The molecule has 0 aliphatic carbocycles. The molecule has 0 N–H and O–H groups in total. The van der Waals surface area contributed by atoms with E-state index in [0.717, 1.165) is 14.5 Å². The molecule has 0 bridgehead atoms. The first-order valence-corrected chi connectivity index (χ1v) is 13.0. The summed E-state index contributed by atoms with van der Waals surface area (Å²) in [5.41, 5.74) is 2.46. The van der Waals surface area contributed by atoms with Crippen molar-refractivity contribution >= 4 is 37.5 Å². The summed E-state index contributed by atoms with van der Waals surface area (Å²) in [5.74, 6) is -0.0784. The van der Waals surface area contributed by atoms with E-state index in [4.69, 9.17) is 10.5 Å². The lowest BCUT2D eigenvalue weighted by molar-refractivity contribution is 0.0998. The van der Waals surface area contributed by atoms with Crippen LogP contribution in [0.1, 0.15) is 48.5 Å². The zero-order chi connectivity index (χ0) is 24.9. The SMILES string of the molecule is CC(C)c1ccc2c(c1)sc(=NC(=O)c1ccc(S(=O)(=O)N(CCC#N)CCC#N)cc1)n2C. The minimum Gasteiger partial charge on any atom is -0.319 e. The van der Waals surface area contributed by atoms with E-state index in [1.54, 1.807) is 0 Å². The minimum absolute atomic E-state index is 0.00249. The Kier molecular flexibility index (Phi) is 8.00. The lowest BCUT2D eigenvalue weighted by Crippen LogP contribution is -2.32. The molecule has 176 valence electrons. The molecule has 0 unspecified atom stereocenters. The molecule has 0 aliphatic heterocycles. The third kappa shape index (κ3) is 5.42. The summed E-state index contributed by atoms with van der Waals surface area (Å²) in [6.45, 7) is 4.24. The number of sulfonamides is 1. The van der Waals surface area contributed by atoms with Crippen molar-refractivity contribution in [2.75, 3.05) is 13.1 Å². The van der Waals surface area contributed by atoms with Crippen LogP contribution in [0, 0.1) is 22.7 Å². The number of carbonyl (C=O) groups excluding carboxylic acids is 1. The maximum atomic E-state index is 12.9. The van der Waals surface area contributed by atoms with Crippen LogP contribution in [-0.4, -0.2) is 36.3 Å². The topological polar surface area (TPSA) is 119 Å². The number of hydrogen-bond acceptors (Lipinski definition) is 6. The smallest absolute Gasteiger partial charge is 0.279 e. The van der Waals surface area contributed by atoms with Crippen LogP contribution < -0.4 is 4.80 Å². The van der Waals surface area contributed by atoms with Crippen molar-refractivity contribution in [1.29, 1.82) is 10.5 Å². The molecule has 10 heteroatoms. The van der Waals surface area contributed by atoms with E-state index in [9.17, 15) is 13.2 Å². The first kappa shape index (κ1) is 25.3. The van der Waals surface area contributed by atoms with Crippen molar-refractivity contribution in [2.45, 2.75) is 37.5 Å². The van der Waals surface area contributed by atoms with Gasteiger partial charge in [-0.15, -0.1) is 0 Å². The van der Waals surface area contributed by atoms with Crippen molar-refractivity contribution in [2.24, 2.45) is 12.0 Å². The summed E-state index contributed by atoms with van der Waals surface area (Å²) >= 11 is 1.43. The summed E-state index contributed by atoms with van der Waals surface area (Å²) < 4.78 is 29.9. The number of nitrogens with zero attached hydrogens (tertiary/aromatic N) is 5. The zero-order valence-electron chi connectivity index (χ0n) is 19.2. The van der Waals surface area contributed by atoms with Gasteiger partial charge >= 0.3 is 0 Å². The number of nitriles is 2. The molecule has 1 amide bonds. The highest BCUT2D eigenvalue weighted by atomic mass is 32.2. The molecular formula is C24H25N5O3S2. The van der Waals surface area contributed by atoms with Crippen LogP contribution >= 0.6 is 11.3 Å². The second-order valence-corrected chi connectivity index (χ2v) is 10.9. The van der Waals surface area contributed by atoms with Gasteiger partial charge in [-0.2, -0.15) is 19.8 Å². The molecule has 0 radical (unpaired) electrons. The number of amides is 1. The van der Waals surface area contributed by atoms with Crippen LogP contribution in [0.25, 0.3) is 10.2 Å². The van der Waals surface area contributed by atoms with Crippen molar-refractivity contribution in [3.8, 4) is 12.1 Å². The molecule has 34 heavy (non-hydrogen) atoms. The maximum absolute atomic E-state index is 12.9. The highest BCUT2D eigenvalue weighted by Crippen LogP contribution is 2.23. The summed E-state index contributed by atoms with van der Waals surface area (Å²) in [6.07, 6.45) is 0.0376. The van der Waals surface area contributed by atoms with E-state index >= 15 is 0 Å². The van der Waals surface area contributed by atoms with Crippen molar-refractivity contribution in [3.05, 3.63) is 58.4 Å². The maximum Gasteiger partial charge on any atom is 0.279 e. The molecule has 3 aromatic rings. The molecule has 0 saturated carbocycles. The fourth-order valence-corrected chi connectivity index (χ4v) is 5.89. The minimum atomic E-state index is -3.90. The number of rotatable bonds is 8. The van der Waals surface area contributed by atoms with E-state index in [-0.39, 0.29) is 36.4 Å². The van der Waals surface area contributed by atoms with Crippen molar-refractivity contribution in [1.82, 2.24) is 8.87 Å². The van der Waals surface area contributed by atoms with E-state index < -0.39 is 15.9 Å². The highest BCUT2D eigenvalue weighted by Gasteiger charge is 2.24. The van der Waals surface area contributed by atoms with Gasteiger partial charge < -0.3 is 4.57 Å². The number of carbonyl (C=O) groups is 1. The number of benzene rings is 2. The monoisotopic (exact) mass is 495 g/mol. The van der Waals surface area contributed by atoms with Crippen molar-refractivity contribution in [3.63, 3.8) is 0 Å². The lowest BCUT2D eigenvalue weighted by Gasteiger charge is -2.20. The first-order chi connectivity index (χ1) is 16.2. The molecule has 0 atom stereocenters. The summed E-state index contributed by atoms with van der Waals surface area (Å²) in [5, 5.41) is 17.6. The Balaban J connectivity index is 1.89. The predicted molar refractivity (Wildman–Crippen MR) is 130 cm³/mol. The second kappa shape index (κ2) is 10.7. The number of fused-ring (bicyclic) bond motifs is 1. The van der Waals surface area contributed by atoms with Crippen molar-refractivity contribution < 1.29 is 13.2 Å². The standard InChI is InChI=1S/C24H25N5O3S2/c1-17(2)19-8-11-21-22(16-19)33-24(28(21)3)27-23(30)18-6-9-20(10-7-18)34(31,32)29(14-4-12-25)15-5-13-26/h6-11,16-17H,4-5,14-15H2,1-3H3. The number of hydrogen-bond donors (Lipinski definition) is 0. The zero-order valence-corrected chi connectivity index (χ0v) is 20.9. The van der Waals surface area contributed by atoms with E-state index in [1.165, 1.54) is 41.2 Å². The largest absolute Gasteiger partial charge is 0.319 e. The average Bonchev–Trinajstić information content (AvgIpc) is 3.13. The molecule has 0 fully saturated rings.